The molecule has 2 N–H and O–H groups in total. The van der Waals surface area contributed by atoms with Crippen LogP contribution >= 0.6 is 0 Å². The number of nitrogens with zero attached hydrogens (tertiary/aromatic N) is 1. The number of nitriles is 1. The zero-order valence-electron chi connectivity index (χ0n) is 17.3. The first-order chi connectivity index (χ1) is 15.4. The zero-order chi connectivity index (χ0) is 22.9. The number of carbonyl (C=O) groups excluding carboxylic acids is 2. The molecule has 0 aliphatic carbocycles. The van der Waals surface area contributed by atoms with E-state index in [0.717, 1.165) is 5.56 Å². The van der Waals surface area contributed by atoms with E-state index in [4.69, 9.17) is 4.74 Å². The Labute approximate surface area is 185 Å². The molecule has 32 heavy (non-hydrogen) atoms. The van der Waals surface area contributed by atoms with Crippen molar-refractivity contribution >= 4 is 29.3 Å². The van der Waals surface area contributed by atoms with Gasteiger partial charge in [-0.25, -0.2) is 4.39 Å². The van der Waals surface area contributed by atoms with E-state index in [1.54, 1.807) is 30.3 Å². The third-order valence-electron chi connectivity index (χ3n) is 4.33. The Bertz CT molecular complexity index is 1180. The lowest BCUT2D eigenvalue weighted by atomic mass is 10.1. The summed E-state index contributed by atoms with van der Waals surface area (Å²) in [5, 5.41) is 14.7. The SMILES string of the molecule is Cc1cccc(NC(=O)C(C#N)=Cc2ccc(OCC(=O)Nc3ccc(F)cc3)cc2)c1. The summed E-state index contributed by atoms with van der Waals surface area (Å²) in [6.07, 6.45) is 1.47. The van der Waals surface area contributed by atoms with Crippen LogP contribution in [0.25, 0.3) is 6.08 Å². The summed E-state index contributed by atoms with van der Waals surface area (Å²) in [6.45, 7) is 1.68. The normalized spacial score (nSPS) is 10.7. The number of ether oxygens (including phenoxy) is 1. The molecule has 3 aromatic rings. The van der Waals surface area contributed by atoms with Gasteiger partial charge in [0.1, 0.15) is 23.2 Å². The van der Waals surface area contributed by atoms with Crippen LogP contribution in [0, 0.1) is 24.1 Å². The Morgan fingerprint density at radius 2 is 1.72 bits per heavy atom. The monoisotopic (exact) mass is 429 g/mol. The van der Waals surface area contributed by atoms with Crippen LogP contribution in [0.2, 0.25) is 0 Å². The summed E-state index contributed by atoms with van der Waals surface area (Å²) in [7, 11) is 0. The first kappa shape index (κ1) is 22.2. The molecule has 0 aliphatic rings. The number of nitrogens with one attached hydrogen (secondary N) is 2. The van der Waals surface area contributed by atoms with Crippen molar-refractivity contribution in [1.82, 2.24) is 0 Å². The van der Waals surface area contributed by atoms with Crippen molar-refractivity contribution in [2.75, 3.05) is 17.2 Å². The first-order valence-corrected chi connectivity index (χ1v) is 9.71. The number of benzene rings is 3. The second kappa shape index (κ2) is 10.5. The maximum absolute atomic E-state index is 12.9. The fourth-order valence-electron chi connectivity index (χ4n) is 2.78. The van der Waals surface area contributed by atoms with Crippen LogP contribution in [-0.4, -0.2) is 18.4 Å². The molecule has 0 atom stereocenters. The summed E-state index contributed by atoms with van der Waals surface area (Å²) in [6, 6.07) is 21.2. The van der Waals surface area contributed by atoms with Crippen molar-refractivity contribution < 1.29 is 18.7 Å². The van der Waals surface area contributed by atoms with Gasteiger partial charge < -0.3 is 15.4 Å². The number of anilines is 2. The molecule has 2 amide bonds. The third kappa shape index (κ3) is 6.54. The van der Waals surface area contributed by atoms with E-state index >= 15 is 0 Å². The van der Waals surface area contributed by atoms with Gasteiger partial charge in [-0.1, -0.05) is 24.3 Å². The first-order valence-electron chi connectivity index (χ1n) is 9.71. The van der Waals surface area contributed by atoms with Gasteiger partial charge in [0, 0.05) is 11.4 Å². The van der Waals surface area contributed by atoms with Gasteiger partial charge in [-0.3, -0.25) is 9.59 Å². The average Bonchev–Trinajstić information content (AvgIpc) is 2.78. The average molecular weight is 429 g/mol. The summed E-state index contributed by atoms with van der Waals surface area (Å²) < 4.78 is 18.3. The number of halogens is 1. The van der Waals surface area contributed by atoms with Crippen molar-refractivity contribution in [3.8, 4) is 11.8 Å². The van der Waals surface area contributed by atoms with Crippen LogP contribution < -0.4 is 15.4 Å². The maximum atomic E-state index is 12.9. The number of rotatable bonds is 7. The molecule has 3 aromatic carbocycles. The molecule has 0 unspecified atom stereocenters. The Kier molecular flexibility index (Phi) is 7.33. The maximum Gasteiger partial charge on any atom is 0.266 e. The highest BCUT2D eigenvalue weighted by molar-refractivity contribution is 6.09. The minimum Gasteiger partial charge on any atom is -0.484 e. The summed E-state index contributed by atoms with van der Waals surface area (Å²) in [4.78, 5) is 24.3. The van der Waals surface area contributed by atoms with E-state index in [1.807, 2.05) is 31.2 Å². The molecule has 7 heteroatoms. The van der Waals surface area contributed by atoms with E-state index < -0.39 is 5.91 Å². The molecule has 0 spiro atoms. The smallest absolute Gasteiger partial charge is 0.266 e. The van der Waals surface area contributed by atoms with Crippen LogP contribution in [0.3, 0.4) is 0 Å². The Balaban J connectivity index is 1.57. The molecule has 3 rings (SSSR count). The van der Waals surface area contributed by atoms with Crippen LogP contribution in [0.1, 0.15) is 11.1 Å². The van der Waals surface area contributed by atoms with Gasteiger partial charge in [0.05, 0.1) is 0 Å². The number of hydrogen-bond acceptors (Lipinski definition) is 4. The van der Waals surface area contributed by atoms with Crippen LogP contribution in [0.15, 0.2) is 78.4 Å². The fourth-order valence-corrected chi connectivity index (χ4v) is 2.78. The minimum atomic E-state index is -0.504. The van der Waals surface area contributed by atoms with Crippen molar-refractivity contribution in [3.63, 3.8) is 0 Å². The largest absolute Gasteiger partial charge is 0.484 e. The van der Waals surface area contributed by atoms with E-state index in [2.05, 4.69) is 10.6 Å². The predicted molar refractivity (Wildman–Crippen MR) is 120 cm³/mol. The molecule has 6 nitrogen and oxygen atoms in total. The Morgan fingerprint density at radius 3 is 2.38 bits per heavy atom. The molecular formula is C25H20FN3O3. The van der Waals surface area contributed by atoms with Gasteiger partial charge in [0.2, 0.25) is 0 Å². The second-order valence-electron chi connectivity index (χ2n) is 6.91. The molecule has 0 saturated heterocycles. The lowest BCUT2D eigenvalue weighted by molar-refractivity contribution is -0.118. The summed E-state index contributed by atoms with van der Waals surface area (Å²) in [5.41, 5.74) is 2.65. The summed E-state index contributed by atoms with van der Waals surface area (Å²) >= 11 is 0. The van der Waals surface area contributed by atoms with Gasteiger partial charge >= 0.3 is 0 Å². The second-order valence-corrected chi connectivity index (χ2v) is 6.91. The lowest BCUT2D eigenvalue weighted by Crippen LogP contribution is -2.20. The van der Waals surface area contributed by atoms with Crippen LogP contribution in [-0.2, 0) is 9.59 Å². The van der Waals surface area contributed by atoms with Crippen molar-refractivity contribution in [2.24, 2.45) is 0 Å². The predicted octanol–water partition coefficient (Wildman–Crippen LogP) is 4.70. The standard InChI is InChI=1S/C25H20FN3O3/c1-17-3-2-4-22(13-17)29-25(31)19(15-27)14-18-5-11-23(12-6-18)32-16-24(30)28-21-9-7-20(26)8-10-21/h2-14H,16H2,1H3,(H,28,30)(H,29,31). The molecule has 0 heterocycles. The van der Waals surface area contributed by atoms with Crippen molar-refractivity contribution in [3.05, 3.63) is 95.3 Å². The lowest BCUT2D eigenvalue weighted by Gasteiger charge is -2.08. The Hall–Kier alpha value is -4.44. The van der Waals surface area contributed by atoms with Gasteiger partial charge in [-0.05, 0) is 72.7 Å². The molecule has 0 aromatic heterocycles. The molecule has 0 saturated carbocycles. The molecular weight excluding hydrogens is 409 g/mol. The molecule has 0 radical (unpaired) electrons. The number of amides is 2. The highest BCUT2D eigenvalue weighted by Crippen LogP contribution is 2.16. The quantitative estimate of drug-likeness (QED) is 0.421. The van der Waals surface area contributed by atoms with Gasteiger partial charge in [-0.15, -0.1) is 0 Å². The number of carbonyl (C=O) groups is 2. The molecule has 0 aliphatic heterocycles. The highest BCUT2D eigenvalue weighted by Gasteiger charge is 2.10. The Morgan fingerprint density at radius 1 is 1.00 bits per heavy atom. The van der Waals surface area contributed by atoms with Crippen molar-refractivity contribution in [1.29, 1.82) is 5.26 Å². The van der Waals surface area contributed by atoms with E-state index in [1.165, 1.54) is 30.3 Å². The number of hydrogen-bond donors (Lipinski definition) is 2. The number of aryl methyl sites for hydroxylation is 1. The van der Waals surface area contributed by atoms with Gasteiger partial charge in [-0.2, -0.15) is 5.26 Å². The van der Waals surface area contributed by atoms with Crippen molar-refractivity contribution in [2.45, 2.75) is 6.92 Å². The van der Waals surface area contributed by atoms with E-state index in [-0.39, 0.29) is 23.9 Å². The minimum absolute atomic E-state index is 0.0427. The third-order valence-corrected chi connectivity index (χ3v) is 4.33. The summed E-state index contributed by atoms with van der Waals surface area (Å²) in [5.74, 6) is -0.837. The highest BCUT2D eigenvalue weighted by atomic mass is 19.1. The van der Waals surface area contributed by atoms with Gasteiger partial charge in [0.25, 0.3) is 11.8 Å². The van der Waals surface area contributed by atoms with Crippen LogP contribution in [0.5, 0.6) is 5.75 Å². The van der Waals surface area contributed by atoms with Gasteiger partial charge in [0.15, 0.2) is 6.61 Å². The molecule has 0 bridgehead atoms. The molecule has 0 fully saturated rings. The molecule has 160 valence electrons. The van der Waals surface area contributed by atoms with E-state index in [0.29, 0.717) is 22.7 Å². The zero-order valence-corrected chi connectivity index (χ0v) is 17.3. The topological polar surface area (TPSA) is 91.2 Å². The van der Waals surface area contributed by atoms with Crippen LogP contribution in [0.4, 0.5) is 15.8 Å². The fraction of sp³-hybridized carbons (Fsp3) is 0.0800. The van der Waals surface area contributed by atoms with E-state index in [9.17, 15) is 19.2 Å².